The number of hydrazone groups is 1. The SMILES string of the molecule is O=C(N/N=C\[C@H]1C[C@H]2CC[C@H]1C2)c1ccccc1[N+](=O)[O-]. The maximum Gasteiger partial charge on any atom is 0.282 e. The third-order valence-corrected chi connectivity index (χ3v) is 4.57. The first-order valence-electron chi connectivity index (χ1n) is 7.22. The molecule has 1 aromatic carbocycles. The summed E-state index contributed by atoms with van der Waals surface area (Å²) < 4.78 is 0. The average Bonchev–Trinajstić information content (AvgIpc) is 3.09. The van der Waals surface area contributed by atoms with E-state index in [-0.39, 0.29) is 11.3 Å². The summed E-state index contributed by atoms with van der Waals surface area (Å²) in [6.07, 6.45) is 6.79. The summed E-state index contributed by atoms with van der Waals surface area (Å²) in [6.45, 7) is 0. The molecule has 0 aliphatic heterocycles. The topological polar surface area (TPSA) is 84.6 Å². The number of carbonyl (C=O) groups excluding carboxylic acids is 1. The molecule has 0 radical (unpaired) electrons. The van der Waals surface area contributed by atoms with Crippen LogP contribution in [0.1, 0.15) is 36.0 Å². The number of fused-ring (bicyclic) bond motifs is 2. The summed E-state index contributed by atoms with van der Waals surface area (Å²) >= 11 is 0. The Morgan fingerprint density at radius 1 is 1.33 bits per heavy atom. The molecule has 2 bridgehead atoms. The van der Waals surface area contributed by atoms with Gasteiger partial charge in [0.1, 0.15) is 5.56 Å². The third-order valence-electron chi connectivity index (χ3n) is 4.57. The van der Waals surface area contributed by atoms with Crippen LogP contribution in [0.15, 0.2) is 29.4 Å². The molecule has 2 aliphatic rings. The van der Waals surface area contributed by atoms with Crippen LogP contribution in [0.3, 0.4) is 0 Å². The number of hydrogen-bond donors (Lipinski definition) is 1. The van der Waals surface area contributed by atoms with Crippen molar-refractivity contribution in [1.29, 1.82) is 0 Å². The minimum Gasteiger partial charge on any atom is -0.267 e. The number of amides is 1. The molecule has 110 valence electrons. The molecule has 2 fully saturated rings. The number of benzene rings is 1. The number of hydrogen-bond acceptors (Lipinski definition) is 4. The van der Waals surface area contributed by atoms with Crippen LogP contribution >= 0.6 is 0 Å². The third kappa shape index (κ3) is 2.79. The van der Waals surface area contributed by atoms with Crippen LogP contribution < -0.4 is 5.43 Å². The molecule has 1 amide bonds. The lowest BCUT2D eigenvalue weighted by Crippen LogP contribution is -2.21. The molecular weight excluding hydrogens is 270 g/mol. The highest BCUT2D eigenvalue weighted by molar-refractivity contribution is 5.98. The molecule has 6 heteroatoms. The predicted octanol–water partition coefficient (Wildman–Crippen LogP) is 2.75. The molecule has 1 aromatic rings. The van der Waals surface area contributed by atoms with Gasteiger partial charge in [0.05, 0.1) is 4.92 Å². The van der Waals surface area contributed by atoms with Gasteiger partial charge in [0.25, 0.3) is 11.6 Å². The maximum atomic E-state index is 12.0. The molecule has 3 rings (SSSR count). The first-order chi connectivity index (χ1) is 10.1. The second kappa shape index (κ2) is 5.63. The summed E-state index contributed by atoms with van der Waals surface area (Å²) in [5.74, 6) is 1.41. The van der Waals surface area contributed by atoms with E-state index in [9.17, 15) is 14.9 Å². The van der Waals surface area contributed by atoms with Crippen molar-refractivity contribution >= 4 is 17.8 Å². The molecular formula is C15H17N3O3. The van der Waals surface area contributed by atoms with Gasteiger partial charge in [0.15, 0.2) is 0 Å². The first kappa shape index (κ1) is 13.7. The molecule has 6 nitrogen and oxygen atoms in total. The fraction of sp³-hybridized carbons (Fsp3) is 0.467. The highest BCUT2D eigenvalue weighted by Gasteiger charge is 2.38. The lowest BCUT2D eigenvalue weighted by atomic mass is 9.90. The second-order valence-corrected chi connectivity index (χ2v) is 5.83. The Kier molecular flexibility index (Phi) is 3.68. The molecule has 0 unspecified atom stereocenters. The van der Waals surface area contributed by atoms with Gasteiger partial charge in [-0.2, -0.15) is 5.10 Å². The van der Waals surface area contributed by atoms with E-state index in [2.05, 4.69) is 10.5 Å². The lowest BCUT2D eigenvalue weighted by molar-refractivity contribution is -0.385. The van der Waals surface area contributed by atoms with E-state index in [4.69, 9.17) is 0 Å². The van der Waals surface area contributed by atoms with Crippen molar-refractivity contribution in [2.45, 2.75) is 25.7 Å². The van der Waals surface area contributed by atoms with Gasteiger partial charge in [0, 0.05) is 12.3 Å². The molecule has 0 saturated heterocycles. The molecule has 0 heterocycles. The van der Waals surface area contributed by atoms with Gasteiger partial charge in [0.2, 0.25) is 0 Å². The first-order valence-corrected chi connectivity index (χ1v) is 7.22. The van der Waals surface area contributed by atoms with Crippen molar-refractivity contribution in [3.63, 3.8) is 0 Å². The number of para-hydroxylation sites is 1. The van der Waals surface area contributed by atoms with Crippen LogP contribution in [0.5, 0.6) is 0 Å². The van der Waals surface area contributed by atoms with E-state index in [0.717, 1.165) is 12.3 Å². The van der Waals surface area contributed by atoms with Crippen LogP contribution in [0, 0.1) is 27.9 Å². The highest BCUT2D eigenvalue weighted by Crippen LogP contribution is 2.47. The molecule has 2 aliphatic carbocycles. The Hall–Kier alpha value is -2.24. The van der Waals surface area contributed by atoms with E-state index in [1.807, 2.05) is 0 Å². The smallest absolute Gasteiger partial charge is 0.267 e. The monoisotopic (exact) mass is 287 g/mol. The molecule has 2 saturated carbocycles. The number of nitrogens with zero attached hydrogens (tertiary/aromatic N) is 2. The van der Waals surface area contributed by atoms with Crippen molar-refractivity contribution in [3.8, 4) is 0 Å². The average molecular weight is 287 g/mol. The minimum atomic E-state index is -0.561. The number of nitrogens with one attached hydrogen (secondary N) is 1. The standard InChI is InChI=1S/C15H17N3O3/c19-15(13-3-1-2-4-14(13)18(20)21)17-16-9-12-8-10-5-6-11(12)7-10/h1-4,9-12H,5-8H2,(H,17,19)/b16-9-/t10-,11-,12+/m0/s1. The van der Waals surface area contributed by atoms with E-state index < -0.39 is 10.8 Å². The molecule has 0 spiro atoms. The summed E-state index contributed by atoms with van der Waals surface area (Å²) in [7, 11) is 0. The van der Waals surface area contributed by atoms with Gasteiger partial charge in [-0.05, 0) is 43.1 Å². The van der Waals surface area contributed by atoms with E-state index >= 15 is 0 Å². The van der Waals surface area contributed by atoms with Crippen molar-refractivity contribution in [2.75, 3.05) is 0 Å². The van der Waals surface area contributed by atoms with Crippen LogP contribution in [0.4, 0.5) is 5.69 Å². The molecule has 1 N–H and O–H groups in total. The zero-order valence-electron chi connectivity index (χ0n) is 11.6. The molecule has 3 atom stereocenters. The second-order valence-electron chi connectivity index (χ2n) is 5.83. The van der Waals surface area contributed by atoms with Crippen molar-refractivity contribution in [2.24, 2.45) is 22.9 Å². The highest BCUT2D eigenvalue weighted by atomic mass is 16.6. The van der Waals surface area contributed by atoms with Gasteiger partial charge < -0.3 is 0 Å². The Balaban J connectivity index is 1.63. The largest absolute Gasteiger partial charge is 0.282 e. The fourth-order valence-corrected chi connectivity index (χ4v) is 3.55. The van der Waals surface area contributed by atoms with Gasteiger partial charge in [-0.15, -0.1) is 0 Å². The fourth-order valence-electron chi connectivity index (χ4n) is 3.55. The number of rotatable bonds is 4. The van der Waals surface area contributed by atoms with Crippen molar-refractivity contribution < 1.29 is 9.72 Å². The minimum absolute atomic E-state index is 0.0348. The quantitative estimate of drug-likeness (QED) is 0.525. The van der Waals surface area contributed by atoms with Gasteiger partial charge in [-0.25, -0.2) is 5.43 Å². The molecule has 21 heavy (non-hydrogen) atoms. The summed E-state index contributed by atoms with van der Waals surface area (Å²) in [5, 5.41) is 14.9. The van der Waals surface area contributed by atoms with Gasteiger partial charge in [-0.1, -0.05) is 18.6 Å². The van der Waals surface area contributed by atoms with Crippen molar-refractivity contribution in [3.05, 3.63) is 39.9 Å². The van der Waals surface area contributed by atoms with Gasteiger partial charge >= 0.3 is 0 Å². The lowest BCUT2D eigenvalue weighted by Gasteiger charge is -2.16. The summed E-state index contributed by atoms with van der Waals surface area (Å²) in [6, 6.07) is 5.88. The van der Waals surface area contributed by atoms with Crippen molar-refractivity contribution in [1.82, 2.24) is 5.43 Å². The number of nitro benzene ring substituents is 1. The zero-order chi connectivity index (χ0) is 14.8. The Morgan fingerprint density at radius 2 is 2.14 bits per heavy atom. The normalized spacial score (nSPS) is 27.1. The zero-order valence-corrected chi connectivity index (χ0v) is 11.6. The van der Waals surface area contributed by atoms with E-state index in [1.54, 1.807) is 12.3 Å². The van der Waals surface area contributed by atoms with Crippen LogP contribution in [0.2, 0.25) is 0 Å². The molecule has 0 aromatic heterocycles. The Labute approximate surface area is 122 Å². The van der Waals surface area contributed by atoms with Crippen LogP contribution in [-0.4, -0.2) is 17.0 Å². The predicted molar refractivity (Wildman–Crippen MR) is 78.0 cm³/mol. The van der Waals surface area contributed by atoms with Gasteiger partial charge in [-0.3, -0.25) is 14.9 Å². The Bertz CT molecular complexity index is 600. The summed E-state index contributed by atoms with van der Waals surface area (Å²) in [5.41, 5.74) is 2.24. The number of nitro groups is 1. The number of carbonyl (C=O) groups is 1. The van der Waals surface area contributed by atoms with E-state index in [1.165, 1.54) is 37.5 Å². The summed E-state index contributed by atoms with van der Waals surface area (Å²) in [4.78, 5) is 22.3. The Morgan fingerprint density at radius 3 is 2.81 bits per heavy atom. The van der Waals surface area contributed by atoms with Crippen LogP contribution in [-0.2, 0) is 0 Å². The van der Waals surface area contributed by atoms with E-state index in [0.29, 0.717) is 11.8 Å². The maximum absolute atomic E-state index is 12.0. The van der Waals surface area contributed by atoms with Crippen LogP contribution in [0.25, 0.3) is 0 Å².